The highest BCUT2D eigenvalue weighted by Crippen LogP contribution is 2.34. The number of aromatic nitrogens is 2. The number of ether oxygens (including phenoxy) is 2. The number of rotatable bonds is 6. The number of carboxylic acid groups (broad SMARTS) is 1. The first-order valence-electron chi connectivity index (χ1n) is 11.8. The maximum absolute atomic E-state index is 10.6. The quantitative estimate of drug-likeness (QED) is 0.419. The molecule has 1 aliphatic rings. The van der Waals surface area contributed by atoms with Gasteiger partial charge in [0.2, 0.25) is 5.95 Å². The van der Waals surface area contributed by atoms with Gasteiger partial charge < -0.3 is 24.8 Å². The van der Waals surface area contributed by atoms with Crippen LogP contribution in [-0.4, -0.2) is 48.0 Å². The van der Waals surface area contributed by atoms with E-state index in [1.165, 1.54) is 22.3 Å². The Bertz CT molecular complexity index is 1310. The largest absolute Gasteiger partial charge is 0.493 e. The minimum absolute atomic E-state index is 0.644. The molecule has 0 saturated heterocycles. The molecule has 1 aliphatic heterocycles. The van der Waals surface area contributed by atoms with Crippen molar-refractivity contribution in [1.29, 1.82) is 0 Å². The standard InChI is InChI=1S/C25H30N4O2.C2HF3O2/c1-15-11-16(2)23(17(3)12-15)27-25-26-18(4)20-9-10-29(24(20)28-25)14-19-7-8-21(30-5)22(13-19)31-6;3-2(4,5)1(6)7/h7-8,11-13H,9-10,14H2,1-6H3,(H,26,27,28);(H,6,7). The van der Waals surface area contributed by atoms with Gasteiger partial charge in [0, 0.05) is 30.0 Å². The number of anilines is 3. The van der Waals surface area contributed by atoms with Gasteiger partial charge in [-0.1, -0.05) is 23.8 Å². The number of methoxy groups -OCH3 is 2. The van der Waals surface area contributed by atoms with Gasteiger partial charge in [0.1, 0.15) is 5.82 Å². The van der Waals surface area contributed by atoms with Gasteiger partial charge in [0.15, 0.2) is 11.5 Å². The third kappa shape index (κ3) is 6.64. The molecule has 0 aliphatic carbocycles. The molecule has 8 nitrogen and oxygen atoms in total. The Morgan fingerprint density at radius 3 is 2.18 bits per heavy atom. The minimum atomic E-state index is -5.08. The molecular formula is C27H31F3N4O4. The van der Waals surface area contributed by atoms with E-state index in [1.807, 2.05) is 12.1 Å². The van der Waals surface area contributed by atoms with Crippen molar-refractivity contribution in [2.75, 3.05) is 31.0 Å². The second-order valence-electron chi connectivity index (χ2n) is 9.00. The van der Waals surface area contributed by atoms with Crippen molar-refractivity contribution >= 4 is 23.4 Å². The van der Waals surface area contributed by atoms with Crippen LogP contribution in [0.3, 0.4) is 0 Å². The SMILES string of the molecule is COc1ccc(CN2CCc3c(C)nc(Nc4c(C)cc(C)cc4C)nc32)cc1OC.O=C(O)C(F)(F)F. The molecule has 0 spiro atoms. The maximum Gasteiger partial charge on any atom is 0.490 e. The number of carboxylic acids is 1. The zero-order valence-electron chi connectivity index (χ0n) is 22.2. The summed E-state index contributed by atoms with van der Waals surface area (Å²) < 4.78 is 42.6. The summed E-state index contributed by atoms with van der Waals surface area (Å²) in [7, 11) is 3.32. The summed E-state index contributed by atoms with van der Waals surface area (Å²) in [5.41, 5.74) is 8.14. The maximum atomic E-state index is 10.6. The third-order valence-corrected chi connectivity index (χ3v) is 6.10. The van der Waals surface area contributed by atoms with Crippen LogP contribution < -0.4 is 19.7 Å². The van der Waals surface area contributed by atoms with E-state index in [1.54, 1.807) is 14.2 Å². The van der Waals surface area contributed by atoms with Crippen LogP contribution >= 0.6 is 0 Å². The Balaban J connectivity index is 0.000000505. The van der Waals surface area contributed by atoms with Crippen LogP contribution in [0.2, 0.25) is 0 Å². The molecule has 38 heavy (non-hydrogen) atoms. The van der Waals surface area contributed by atoms with Crippen LogP contribution in [0.25, 0.3) is 0 Å². The minimum Gasteiger partial charge on any atom is -0.493 e. The lowest BCUT2D eigenvalue weighted by atomic mass is 10.1. The lowest BCUT2D eigenvalue weighted by molar-refractivity contribution is -0.192. The molecule has 0 amide bonds. The van der Waals surface area contributed by atoms with E-state index in [-0.39, 0.29) is 0 Å². The van der Waals surface area contributed by atoms with E-state index in [9.17, 15) is 13.2 Å². The molecule has 0 fully saturated rings. The summed E-state index contributed by atoms with van der Waals surface area (Å²) in [5.74, 6) is 0.373. The molecule has 0 unspecified atom stereocenters. The lowest BCUT2D eigenvalue weighted by Gasteiger charge is -2.20. The van der Waals surface area contributed by atoms with Gasteiger partial charge >= 0.3 is 12.1 Å². The number of carbonyl (C=O) groups is 1. The zero-order valence-corrected chi connectivity index (χ0v) is 22.2. The number of hydrogen-bond donors (Lipinski definition) is 2. The molecule has 11 heteroatoms. The Morgan fingerprint density at radius 2 is 1.63 bits per heavy atom. The second kappa shape index (κ2) is 11.6. The predicted octanol–water partition coefficient (Wildman–Crippen LogP) is 5.67. The van der Waals surface area contributed by atoms with Crippen LogP contribution in [0, 0.1) is 27.7 Å². The molecule has 0 atom stereocenters. The average Bonchev–Trinajstić information content (AvgIpc) is 3.24. The molecule has 3 aromatic rings. The number of hydrogen-bond acceptors (Lipinski definition) is 7. The molecule has 2 N–H and O–H groups in total. The summed E-state index contributed by atoms with van der Waals surface area (Å²) in [5, 5.41) is 10.6. The molecule has 0 radical (unpaired) electrons. The molecule has 0 saturated carbocycles. The van der Waals surface area contributed by atoms with E-state index < -0.39 is 12.1 Å². The lowest BCUT2D eigenvalue weighted by Crippen LogP contribution is -2.21. The van der Waals surface area contributed by atoms with Gasteiger partial charge in [-0.2, -0.15) is 18.2 Å². The van der Waals surface area contributed by atoms with E-state index in [0.29, 0.717) is 5.95 Å². The Kier molecular flexibility index (Phi) is 8.70. The summed E-state index contributed by atoms with van der Waals surface area (Å²) >= 11 is 0. The second-order valence-corrected chi connectivity index (χ2v) is 9.00. The van der Waals surface area contributed by atoms with Crippen LogP contribution in [0.5, 0.6) is 11.5 Å². The first-order chi connectivity index (χ1) is 17.8. The van der Waals surface area contributed by atoms with Crippen LogP contribution in [-0.2, 0) is 17.8 Å². The van der Waals surface area contributed by atoms with Crippen LogP contribution in [0.15, 0.2) is 30.3 Å². The Labute approximate surface area is 219 Å². The fourth-order valence-electron chi connectivity index (χ4n) is 4.39. The average molecular weight is 533 g/mol. The van der Waals surface area contributed by atoms with E-state index in [4.69, 9.17) is 29.3 Å². The summed E-state index contributed by atoms with van der Waals surface area (Å²) in [4.78, 5) is 20.9. The van der Waals surface area contributed by atoms with Gasteiger partial charge in [-0.3, -0.25) is 0 Å². The molecule has 4 rings (SSSR count). The molecular weight excluding hydrogens is 501 g/mol. The van der Waals surface area contributed by atoms with Crippen molar-refractivity contribution in [2.24, 2.45) is 0 Å². The Morgan fingerprint density at radius 1 is 1.03 bits per heavy atom. The van der Waals surface area contributed by atoms with Crippen LogP contribution in [0.1, 0.15) is 33.5 Å². The summed E-state index contributed by atoms with van der Waals surface area (Å²) in [6.07, 6.45) is -4.13. The highest BCUT2D eigenvalue weighted by Gasteiger charge is 2.38. The molecule has 204 valence electrons. The van der Waals surface area contributed by atoms with Gasteiger partial charge in [0.05, 0.1) is 14.2 Å². The Hall–Kier alpha value is -4.02. The van der Waals surface area contributed by atoms with E-state index in [2.05, 4.69) is 56.1 Å². The van der Waals surface area contributed by atoms with Crippen molar-refractivity contribution in [2.45, 2.75) is 46.8 Å². The van der Waals surface area contributed by atoms with Crippen molar-refractivity contribution in [1.82, 2.24) is 9.97 Å². The molecule has 1 aromatic heterocycles. The molecule has 2 aromatic carbocycles. The predicted molar refractivity (Wildman–Crippen MR) is 139 cm³/mol. The van der Waals surface area contributed by atoms with Gasteiger partial charge in [-0.25, -0.2) is 9.78 Å². The smallest absolute Gasteiger partial charge is 0.490 e. The first kappa shape index (κ1) is 28.5. The number of aliphatic carboxylic acids is 1. The number of nitrogens with zero attached hydrogens (tertiary/aromatic N) is 3. The number of halogens is 3. The van der Waals surface area contributed by atoms with Gasteiger partial charge in [0.25, 0.3) is 0 Å². The topological polar surface area (TPSA) is 96.8 Å². The number of fused-ring (bicyclic) bond motifs is 1. The fraction of sp³-hybridized carbons (Fsp3) is 0.370. The van der Waals surface area contributed by atoms with E-state index in [0.717, 1.165) is 53.8 Å². The van der Waals surface area contributed by atoms with Crippen LogP contribution in [0.4, 0.5) is 30.6 Å². The highest BCUT2D eigenvalue weighted by atomic mass is 19.4. The van der Waals surface area contributed by atoms with Crippen molar-refractivity contribution < 1.29 is 32.5 Å². The van der Waals surface area contributed by atoms with E-state index >= 15 is 0 Å². The van der Waals surface area contributed by atoms with Crippen molar-refractivity contribution in [3.05, 3.63) is 63.8 Å². The first-order valence-corrected chi connectivity index (χ1v) is 11.8. The fourth-order valence-corrected chi connectivity index (χ4v) is 4.39. The summed E-state index contributed by atoms with van der Waals surface area (Å²) in [6, 6.07) is 10.4. The monoisotopic (exact) mass is 532 g/mol. The van der Waals surface area contributed by atoms with Gasteiger partial charge in [-0.15, -0.1) is 0 Å². The number of benzene rings is 2. The summed E-state index contributed by atoms with van der Waals surface area (Å²) in [6.45, 7) is 10.1. The number of aryl methyl sites for hydroxylation is 4. The van der Waals surface area contributed by atoms with Crippen molar-refractivity contribution in [3.63, 3.8) is 0 Å². The molecule has 2 heterocycles. The third-order valence-electron chi connectivity index (χ3n) is 6.10. The van der Waals surface area contributed by atoms with Gasteiger partial charge in [-0.05, 0) is 62.9 Å². The molecule has 0 bridgehead atoms. The normalized spacial score (nSPS) is 12.4. The highest BCUT2D eigenvalue weighted by molar-refractivity contribution is 5.73. The zero-order chi connectivity index (χ0) is 28.2. The number of alkyl halides is 3. The number of nitrogens with one attached hydrogen (secondary N) is 1. The van der Waals surface area contributed by atoms with Crippen molar-refractivity contribution in [3.8, 4) is 11.5 Å².